The van der Waals surface area contributed by atoms with E-state index in [2.05, 4.69) is 20.4 Å². The molecule has 8 heteroatoms. The lowest BCUT2D eigenvalue weighted by Crippen LogP contribution is -2.16. The molecule has 1 aliphatic heterocycles. The van der Waals surface area contributed by atoms with E-state index in [1.807, 2.05) is 12.1 Å². The van der Waals surface area contributed by atoms with E-state index in [1.165, 1.54) is 6.20 Å². The molecule has 1 fully saturated rings. The molecule has 2 aromatic heterocycles. The van der Waals surface area contributed by atoms with Gasteiger partial charge in [0.05, 0.1) is 25.0 Å². The molecule has 3 aromatic rings. The van der Waals surface area contributed by atoms with Crippen LogP contribution in [0.25, 0.3) is 11.0 Å². The normalized spacial score (nSPS) is 15.0. The van der Waals surface area contributed by atoms with Crippen LogP contribution in [-0.4, -0.2) is 41.4 Å². The Balaban J connectivity index is 1.70. The Bertz CT molecular complexity index is 979. The van der Waals surface area contributed by atoms with Crippen molar-refractivity contribution in [3.63, 3.8) is 0 Å². The highest BCUT2D eigenvalue weighted by atomic mass is 16.5. The zero-order valence-corrected chi connectivity index (χ0v) is 15.2. The number of anilines is 1. The third-order valence-corrected chi connectivity index (χ3v) is 4.81. The van der Waals surface area contributed by atoms with Crippen LogP contribution >= 0.6 is 0 Å². The van der Waals surface area contributed by atoms with Crippen molar-refractivity contribution in [2.75, 3.05) is 25.6 Å². The number of aryl methyl sites for hydroxylation is 1. The third kappa shape index (κ3) is 3.35. The van der Waals surface area contributed by atoms with E-state index in [0.717, 1.165) is 37.1 Å². The van der Waals surface area contributed by atoms with Crippen LogP contribution in [0.2, 0.25) is 0 Å². The van der Waals surface area contributed by atoms with Gasteiger partial charge in [0.15, 0.2) is 5.82 Å². The number of hydrogen-bond donors (Lipinski definition) is 1. The zero-order valence-electron chi connectivity index (χ0n) is 15.2. The summed E-state index contributed by atoms with van der Waals surface area (Å²) in [5.41, 5.74) is 2.91. The van der Waals surface area contributed by atoms with Gasteiger partial charge in [-0.3, -0.25) is 9.78 Å². The van der Waals surface area contributed by atoms with Gasteiger partial charge < -0.3 is 19.3 Å². The first-order chi connectivity index (χ1) is 13.2. The number of amides is 1. The van der Waals surface area contributed by atoms with E-state index in [4.69, 9.17) is 14.0 Å². The van der Waals surface area contributed by atoms with E-state index in [0.29, 0.717) is 34.3 Å². The van der Waals surface area contributed by atoms with Crippen molar-refractivity contribution in [2.24, 2.45) is 0 Å². The third-order valence-electron chi connectivity index (χ3n) is 4.81. The first-order valence-electron chi connectivity index (χ1n) is 8.81. The van der Waals surface area contributed by atoms with Crippen molar-refractivity contribution in [1.82, 2.24) is 15.1 Å². The maximum Gasteiger partial charge on any atom is 0.262 e. The smallest absolute Gasteiger partial charge is 0.262 e. The molecule has 0 atom stereocenters. The van der Waals surface area contributed by atoms with Crippen molar-refractivity contribution in [1.29, 1.82) is 0 Å². The highest BCUT2D eigenvalue weighted by Crippen LogP contribution is 2.35. The number of fused-ring (bicyclic) bond motifs is 1. The number of nitrogens with one attached hydrogen (secondary N) is 1. The van der Waals surface area contributed by atoms with Crippen LogP contribution in [0, 0.1) is 6.92 Å². The molecule has 0 radical (unpaired) electrons. The Morgan fingerprint density at radius 2 is 2.04 bits per heavy atom. The largest absolute Gasteiger partial charge is 0.494 e. The van der Waals surface area contributed by atoms with Crippen molar-refractivity contribution < 1.29 is 18.8 Å². The van der Waals surface area contributed by atoms with E-state index < -0.39 is 0 Å². The van der Waals surface area contributed by atoms with E-state index in [9.17, 15) is 4.79 Å². The van der Waals surface area contributed by atoms with Crippen LogP contribution < -0.4 is 10.1 Å². The molecule has 0 saturated carbocycles. The molecule has 1 aliphatic rings. The number of aromatic nitrogens is 3. The van der Waals surface area contributed by atoms with Gasteiger partial charge in [0, 0.05) is 13.2 Å². The summed E-state index contributed by atoms with van der Waals surface area (Å²) in [6.07, 6.45) is 4.84. The number of nitrogens with zero attached hydrogens (tertiary/aromatic N) is 3. The van der Waals surface area contributed by atoms with Gasteiger partial charge in [0.2, 0.25) is 0 Å². The van der Waals surface area contributed by atoms with Crippen molar-refractivity contribution in [3.8, 4) is 5.75 Å². The van der Waals surface area contributed by atoms with E-state index in [1.54, 1.807) is 20.2 Å². The van der Waals surface area contributed by atoms with Gasteiger partial charge in [-0.2, -0.15) is 0 Å². The maximum atomic E-state index is 12.4. The second kappa shape index (κ2) is 7.32. The summed E-state index contributed by atoms with van der Waals surface area (Å²) in [4.78, 5) is 21.5. The number of hydrogen-bond acceptors (Lipinski definition) is 7. The lowest BCUT2D eigenvalue weighted by atomic mass is 9.90. The molecule has 1 amide bonds. The summed E-state index contributed by atoms with van der Waals surface area (Å²) in [6, 6.07) is 3.95. The molecule has 1 N–H and O–H groups in total. The van der Waals surface area contributed by atoms with Crippen LogP contribution in [0.15, 0.2) is 29.0 Å². The standard InChI is InChI=1S/C19H20N4O4/c1-11-14(9-21-27-11)19(24)23-16-10-20-17-13(12-5-7-26-8-6-12)3-4-15(25-2)18(17)22-16/h3-4,9-10,12H,5-8H2,1-2H3,(H,22,23,24). The predicted octanol–water partition coefficient (Wildman–Crippen LogP) is 3.08. The Morgan fingerprint density at radius 3 is 2.74 bits per heavy atom. The molecule has 27 heavy (non-hydrogen) atoms. The molecule has 1 saturated heterocycles. The minimum absolute atomic E-state index is 0.343. The number of ether oxygens (including phenoxy) is 2. The molecule has 3 heterocycles. The summed E-state index contributed by atoms with van der Waals surface area (Å²) in [5.74, 6) is 1.44. The molecule has 8 nitrogen and oxygen atoms in total. The van der Waals surface area contributed by atoms with Crippen LogP contribution in [0.3, 0.4) is 0 Å². The molecule has 0 unspecified atom stereocenters. The fraction of sp³-hybridized carbons (Fsp3) is 0.368. The SMILES string of the molecule is COc1ccc(C2CCOCC2)c2ncc(NC(=O)c3cnoc3C)nc12. The Labute approximate surface area is 155 Å². The minimum atomic E-state index is -0.345. The molecule has 0 bridgehead atoms. The topological polar surface area (TPSA) is 99.4 Å². The molecular formula is C19H20N4O4. The quantitative estimate of drug-likeness (QED) is 0.755. The average Bonchev–Trinajstić information content (AvgIpc) is 3.13. The second-order valence-corrected chi connectivity index (χ2v) is 6.45. The van der Waals surface area contributed by atoms with Gasteiger partial charge in [0.25, 0.3) is 5.91 Å². The fourth-order valence-corrected chi connectivity index (χ4v) is 3.36. The van der Waals surface area contributed by atoms with Crippen molar-refractivity contribution in [2.45, 2.75) is 25.7 Å². The summed E-state index contributed by atoms with van der Waals surface area (Å²) in [5, 5.41) is 6.36. The number of carbonyl (C=O) groups is 1. The molecule has 1 aromatic carbocycles. The first-order valence-corrected chi connectivity index (χ1v) is 8.81. The van der Waals surface area contributed by atoms with Crippen molar-refractivity contribution >= 4 is 22.8 Å². The summed E-state index contributed by atoms with van der Waals surface area (Å²) in [6.45, 7) is 3.17. The average molecular weight is 368 g/mol. The number of benzene rings is 1. The van der Waals surface area contributed by atoms with Gasteiger partial charge in [-0.05, 0) is 37.3 Å². The molecular weight excluding hydrogens is 348 g/mol. The number of carbonyl (C=O) groups excluding carboxylic acids is 1. The van der Waals surface area contributed by atoms with Crippen LogP contribution in [0.4, 0.5) is 5.82 Å². The van der Waals surface area contributed by atoms with Crippen LogP contribution in [0.1, 0.15) is 40.4 Å². The van der Waals surface area contributed by atoms with E-state index in [-0.39, 0.29) is 5.91 Å². The summed E-state index contributed by atoms with van der Waals surface area (Å²) >= 11 is 0. The fourth-order valence-electron chi connectivity index (χ4n) is 3.36. The number of rotatable bonds is 4. The molecule has 140 valence electrons. The molecule has 4 rings (SSSR count). The molecule has 0 spiro atoms. The van der Waals surface area contributed by atoms with Gasteiger partial charge >= 0.3 is 0 Å². The molecule has 0 aliphatic carbocycles. The Kier molecular flexibility index (Phi) is 4.72. The highest BCUT2D eigenvalue weighted by molar-refractivity contribution is 6.04. The predicted molar refractivity (Wildman–Crippen MR) is 98.1 cm³/mol. The van der Waals surface area contributed by atoms with Crippen LogP contribution in [-0.2, 0) is 4.74 Å². The lowest BCUT2D eigenvalue weighted by Gasteiger charge is -2.23. The lowest BCUT2D eigenvalue weighted by molar-refractivity contribution is 0.0855. The highest BCUT2D eigenvalue weighted by Gasteiger charge is 2.21. The minimum Gasteiger partial charge on any atom is -0.494 e. The second-order valence-electron chi connectivity index (χ2n) is 6.45. The van der Waals surface area contributed by atoms with Crippen LogP contribution in [0.5, 0.6) is 5.75 Å². The maximum absolute atomic E-state index is 12.4. The Hall–Kier alpha value is -3.00. The van der Waals surface area contributed by atoms with Crippen molar-refractivity contribution in [3.05, 3.63) is 41.4 Å². The summed E-state index contributed by atoms with van der Waals surface area (Å²) < 4.78 is 15.9. The first kappa shape index (κ1) is 17.4. The number of methoxy groups -OCH3 is 1. The van der Waals surface area contributed by atoms with Gasteiger partial charge in [-0.25, -0.2) is 4.98 Å². The van der Waals surface area contributed by atoms with Gasteiger partial charge in [-0.15, -0.1) is 0 Å². The van der Waals surface area contributed by atoms with Gasteiger partial charge in [-0.1, -0.05) is 11.2 Å². The Morgan fingerprint density at radius 1 is 1.22 bits per heavy atom. The van der Waals surface area contributed by atoms with Gasteiger partial charge in [0.1, 0.15) is 22.6 Å². The monoisotopic (exact) mass is 368 g/mol. The summed E-state index contributed by atoms with van der Waals surface area (Å²) in [7, 11) is 1.59. The van der Waals surface area contributed by atoms with E-state index >= 15 is 0 Å². The zero-order chi connectivity index (χ0) is 18.8.